The molecule has 0 fully saturated rings. The molecule has 21 heavy (non-hydrogen) atoms. The van der Waals surface area contributed by atoms with E-state index in [9.17, 15) is 0 Å². The molecule has 0 radical (unpaired) electrons. The van der Waals surface area contributed by atoms with Gasteiger partial charge in [-0.3, -0.25) is 0 Å². The standard InChI is InChI=1S/C14H16N.C5H5.Fe/c1-11-7-9-14(10-8-11)15-12(2)13-5-3-4-6-13;1-2-4-5-3-1;/h3-10,12,15H,1-2H3;1-5H;/q2*-1;+2. The largest absolute Gasteiger partial charge is 2.00 e. The van der Waals surface area contributed by atoms with Crippen LogP contribution in [-0.4, -0.2) is 0 Å². The van der Waals surface area contributed by atoms with Gasteiger partial charge in [-0.1, -0.05) is 24.6 Å². The van der Waals surface area contributed by atoms with E-state index in [1.807, 2.05) is 30.3 Å². The van der Waals surface area contributed by atoms with Gasteiger partial charge in [-0.15, -0.1) is 5.56 Å². The van der Waals surface area contributed by atoms with Crippen molar-refractivity contribution in [2.75, 3.05) is 5.32 Å². The van der Waals surface area contributed by atoms with Crippen molar-refractivity contribution in [2.45, 2.75) is 19.9 Å². The second-order valence-electron chi connectivity index (χ2n) is 4.91. The van der Waals surface area contributed by atoms with Gasteiger partial charge in [-0.2, -0.15) is 30.3 Å². The fourth-order valence-electron chi connectivity index (χ4n) is 1.98. The molecule has 0 spiro atoms. The summed E-state index contributed by atoms with van der Waals surface area (Å²) in [7, 11) is 0. The molecule has 0 saturated heterocycles. The van der Waals surface area contributed by atoms with Gasteiger partial charge in [0, 0.05) is 11.7 Å². The molecule has 0 amide bonds. The molecular weight excluding hydrogens is 298 g/mol. The van der Waals surface area contributed by atoms with Crippen molar-refractivity contribution in [3.05, 3.63) is 90.0 Å². The number of hydrogen-bond donors (Lipinski definition) is 1. The number of nitrogens with one attached hydrogen (secondary N) is 1. The summed E-state index contributed by atoms with van der Waals surface area (Å²) in [6.45, 7) is 4.28. The van der Waals surface area contributed by atoms with Gasteiger partial charge in [0.05, 0.1) is 0 Å². The van der Waals surface area contributed by atoms with Gasteiger partial charge in [0.1, 0.15) is 0 Å². The van der Waals surface area contributed by atoms with Gasteiger partial charge >= 0.3 is 17.1 Å². The minimum absolute atomic E-state index is 0. The summed E-state index contributed by atoms with van der Waals surface area (Å²) in [4.78, 5) is 0. The third kappa shape index (κ3) is 6.03. The molecule has 2 heteroatoms. The minimum Gasteiger partial charge on any atom is -0.389 e. The molecule has 3 aromatic carbocycles. The van der Waals surface area contributed by atoms with Crippen LogP contribution in [0.2, 0.25) is 0 Å². The van der Waals surface area contributed by atoms with Crippen LogP contribution in [0.4, 0.5) is 5.69 Å². The van der Waals surface area contributed by atoms with Gasteiger partial charge < -0.3 is 5.32 Å². The molecule has 1 atom stereocenters. The van der Waals surface area contributed by atoms with E-state index in [1.165, 1.54) is 16.8 Å². The van der Waals surface area contributed by atoms with Crippen LogP contribution < -0.4 is 5.32 Å². The fraction of sp³-hybridized carbons (Fsp3) is 0.158. The topological polar surface area (TPSA) is 12.0 Å². The van der Waals surface area contributed by atoms with E-state index >= 15 is 0 Å². The Morgan fingerprint density at radius 2 is 1.52 bits per heavy atom. The third-order valence-electron chi connectivity index (χ3n) is 3.18. The van der Waals surface area contributed by atoms with Crippen molar-refractivity contribution in [2.24, 2.45) is 0 Å². The summed E-state index contributed by atoms with van der Waals surface area (Å²) < 4.78 is 0. The van der Waals surface area contributed by atoms with Crippen LogP contribution in [0.3, 0.4) is 0 Å². The van der Waals surface area contributed by atoms with E-state index in [-0.39, 0.29) is 17.1 Å². The summed E-state index contributed by atoms with van der Waals surface area (Å²) in [6, 6.07) is 27.3. The Kier molecular flexibility index (Phi) is 7.60. The summed E-state index contributed by atoms with van der Waals surface area (Å²) >= 11 is 0. The SMILES string of the molecule is Cc1ccc(NC(C)[c-]2cccc2)cc1.[Fe+2].c1cc[cH-]c1. The Bertz CT molecular complexity index is 547. The maximum Gasteiger partial charge on any atom is 2.00 e. The molecular formula is C19H21FeN. The smallest absolute Gasteiger partial charge is 0.389 e. The zero-order valence-corrected chi connectivity index (χ0v) is 13.5. The van der Waals surface area contributed by atoms with Crippen molar-refractivity contribution in [3.8, 4) is 0 Å². The third-order valence-corrected chi connectivity index (χ3v) is 3.18. The zero-order chi connectivity index (χ0) is 14.2. The summed E-state index contributed by atoms with van der Waals surface area (Å²) in [5.41, 5.74) is 3.80. The number of rotatable bonds is 3. The Morgan fingerprint density at radius 3 is 2.00 bits per heavy atom. The monoisotopic (exact) mass is 319 g/mol. The molecule has 0 aliphatic rings. The van der Waals surface area contributed by atoms with E-state index in [2.05, 4.69) is 67.7 Å². The second-order valence-corrected chi connectivity index (χ2v) is 4.91. The zero-order valence-electron chi connectivity index (χ0n) is 12.4. The Hall–Kier alpha value is -1.76. The molecule has 1 unspecified atom stereocenters. The molecule has 110 valence electrons. The number of hydrogen-bond acceptors (Lipinski definition) is 1. The average molecular weight is 319 g/mol. The molecule has 3 aromatic rings. The summed E-state index contributed by atoms with van der Waals surface area (Å²) in [6.07, 6.45) is 0. The molecule has 0 bridgehead atoms. The van der Waals surface area contributed by atoms with Crippen molar-refractivity contribution in [1.29, 1.82) is 0 Å². The van der Waals surface area contributed by atoms with E-state index in [1.54, 1.807) is 0 Å². The first kappa shape index (κ1) is 17.3. The first-order chi connectivity index (χ1) is 9.75. The molecule has 0 heterocycles. The maximum atomic E-state index is 3.47. The minimum atomic E-state index is 0. The molecule has 1 N–H and O–H groups in total. The predicted octanol–water partition coefficient (Wildman–Crippen LogP) is 5.29. The first-order valence-electron chi connectivity index (χ1n) is 6.97. The average Bonchev–Trinajstić information content (AvgIpc) is 3.17. The quantitative estimate of drug-likeness (QED) is 0.511. The first-order valence-corrected chi connectivity index (χ1v) is 6.97. The molecule has 0 aromatic heterocycles. The van der Waals surface area contributed by atoms with E-state index in [0.29, 0.717) is 6.04 Å². The number of anilines is 1. The molecule has 3 rings (SSSR count). The van der Waals surface area contributed by atoms with Gasteiger partial charge in [-0.05, 0) is 19.1 Å². The van der Waals surface area contributed by atoms with Gasteiger partial charge in [0.25, 0.3) is 0 Å². The molecule has 0 saturated carbocycles. The van der Waals surface area contributed by atoms with Crippen LogP contribution in [0, 0.1) is 6.92 Å². The van der Waals surface area contributed by atoms with Crippen LogP contribution in [0.25, 0.3) is 0 Å². The van der Waals surface area contributed by atoms with Crippen molar-refractivity contribution in [1.82, 2.24) is 0 Å². The molecule has 1 nitrogen and oxygen atoms in total. The summed E-state index contributed by atoms with van der Waals surface area (Å²) in [5, 5.41) is 3.47. The van der Waals surface area contributed by atoms with E-state index < -0.39 is 0 Å². The van der Waals surface area contributed by atoms with Crippen LogP contribution in [0.5, 0.6) is 0 Å². The van der Waals surface area contributed by atoms with Crippen LogP contribution in [0.15, 0.2) is 78.9 Å². The number of aryl methyl sites for hydroxylation is 1. The molecule has 0 aliphatic carbocycles. The van der Waals surface area contributed by atoms with E-state index in [4.69, 9.17) is 0 Å². The Labute approximate surface area is 138 Å². The maximum absolute atomic E-state index is 3.47. The Balaban J connectivity index is 0.000000313. The normalized spacial score (nSPS) is 10.8. The summed E-state index contributed by atoms with van der Waals surface area (Å²) in [5.74, 6) is 0. The van der Waals surface area contributed by atoms with Gasteiger partial charge in [0.2, 0.25) is 0 Å². The van der Waals surface area contributed by atoms with Crippen molar-refractivity contribution in [3.63, 3.8) is 0 Å². The number of benzene rings is 1. The van der Waals surface area contributed by atoms with Crippen LogP contribution in [-0.2, 0) is 17.1 Å². The van der Waals surface area contributed by atoms with Crippen LogP contribution in [0.1, 0.15) is 24.1 Å². The van der Waals surface area contributed by atoms with Crippen molar-refractivity contribution >= 4 is 5.69 Å². The Morgan fingerprint density at radius 1 is 0.952 bits per heavy atom. The van der Waals surface area contributed by atoms with E-state index in [0.717, 1.165) is 0 Å². The van der Waals surface area contributed by atoms with Gasteiger partial charge in [0.15, 0.2) is 0 Å². The predicted molar refractivity (Wildman–Crippen MR) is 87.3 cm³/mol. The van der Waals surface area contributed by atoms with Crippen LogP contribution >= 0.6 is 0 Å². The molecule has 0 aliphatic heterocycles. The van der Waals surface area contributed by atoms with Crippen molar-refractivity contribution < 1.29 is 17.1 Å². The van der Waals surface area contributed by atoms with Gasteiger partial charge in [-0.25, -0.2) is 24.3 Å². The second kappa shape index (κ2) is 9.23. The fourth-order valence-corrected chi connectivity index (χ4v) is 1.98.